The van der Waals surface area contributed by atoms with E-state index in [2.05, 4.69) is 40.9 Å². The van der Waals surface area contributed by atoms with Crippen LogP contribution in [0.2, 0.25) is 0 Å². The highest BCUT2D eigenvalue weighted by atomic mass is 19.4. The maximum Gasteiger partial charge on any atom is 0.394 e. The SMILES string of the molecule is C=CC(=O)N1CC[C@H](C(=O)N(C)[C@H](C(=O)N[C@H]2Cc3cccc(c3)-c3ccc4c(c3)c(c(-c3cccnc3[C@H](C)OC)n4CC)CC(C)(C)COC(=O)[C@@H]3CCCN(N3)C2=O)[C@@H](C)C(F)(F)F)C1. The van der Waals surface area contributed by atoms with Crippen LogP contribution in [0.5, 0.6) is 0 Å². The lowest BCUT2D eigenvalue weighted by Crippen LogP contribution is -2.63. The molecule has 6 atom stereocenters. The summed E-state index contributed by atoms with van der Waals surface area (Å²) in [6.45, 7) is 13.4. The van der Waals surface area contributed by atoms with Crippen LogP contribution in [0.3, 0.4) is 0 Å². The van der Waals surface area contributed by atoms with Gasteiger partial charge in [0, 0.05) is 74.8 Å². The number of fused-ring (bicyclic) bond motifs is 6. The number of methoxy groups -OCH3 is 1. The van der Waals surface area contributed by atoms with Gasteiger partial charge in [0.2, 0.25) is 17.7 Å². The Hall–Kier alpha value is -6.07. The summed E-state index contributed by atoms with van der Waals surface area (Å²) in [7, 11) is 2.79. The summed E-state index contributed by atoms with van der Waals surface area (Å²) in [6.07, 6.45) is -1.06. The molecule has 6 bridgehead atoms. The minimum Gasteiger partial charge on any atom is -0.464 e. The molecule has 2 aromatic carbocycles. The topological polar surface area (TPSA) is 155 Å². The fourth-order valence-electron chi connectivity index (χ4n) is 9.88. The number of amides is 4. The Morgan fingerprint density at radius 1 is 1.07 bits per heavy atom. The number of nitrogens with zero attached hydrogens (tertiary/aromatic N) is 5. The van der Waals surface area contributed by atoms with Crippen molar-refractivity contribution in [1.29, 1.82) is 0 Å². The molecular formula is C51H62F3N7O7. The van der Waals surface area contributed by atoms with Crippen molar-refractivity contribution in [2.75, 3.05) is 40.4 Å². The lowest BCUT2D eigenvalue weighted by molar-refractivity contribution is -0.190. The van der Waals surface area contributed by atoms with Crippen LogP contribution in [-0.2, 0) is 52.8 Å². The van der Waals surface area contributed by atoms with Crippen molar-refractivity contribution in [3.8, 4) is 22.4 Å². The molecule has 0 saturated carbocycles. The number of nitrogens with one attached hydrogen (secondary N) is 2. The van der Waals surface area contributed by atoms with Crippen LogP contribution in [0.25, 0.3) is 33.3 Å². The smallest absolute Gasteiger partial charge is 0.394 e. The number of likely N-dealkylation sites (tertiary alicyclic amines) is 1. The van der Waals surface area contributed by atoms with E-state index < -0.39 is 71.2 Å². The van der Waals surface area contributed by atoms with Crippen molar-refractivity contribution in [3.63, 3.8) is 0 Å². The fraction of sp³-hybridized carbons (Fsp3) is 0.490. The molecule has 4 aromatic rings. The molecule has 0 unspecified atom stereocenters. The number of hydrogen-bond donors (Lipinski definition) is 2. The van der Waals surface area contributed by atoms with Gasteiger partial charge < -0.3 is 29.2 Å². The molecule has 17 heteroatoms. The first-order valence-electron chi connectivity index (χ1n) is 23.3. The summed E-state index contributed by atoms with van der Waals surface area (Å²) in [5, 5.41) is 4.84. The van der Waals surface area contributed by atoms with E-state index in [1.54, 1.807) is 19.4 Å². The van der Waals surface area contributed by atoms with E-state index in [0.29, 0.717) is 31.4 Å². The van der Waals surface area contributed by atoms with E-state index >= 15 is 0 Å². The van der Waals surface area contributed by atoms with Crippen molar-refractivity contribution in [2.45, 2.75) is 104 Å². The zero-order valence-electron chi connectivity index (χ0n) is 39.8. The number of hydrogen-bond acceptors (Lipinski definition) is 9. The highest BCUT2D eigenvalue weighted by Crippen LogP contribution is 2.42. The zero-order valence-corrected chi connectivity index (χ0v) is 39.8. The van der Waals surface area contributed by atoms with Gasteiger partial charge in [-0.15, -0.1) is 0 Å². The average molecular weight is 942 g/mol. The van der Waals surface area contributed by atoms with Crippen molar-refractivity contribution < 1.29 is 46.6 Å². The van der Waals surface area contributed by atoms with Gasteiger partial charge in [-0.25, -0.2) is 5.43 Å². The molecule has 0 spiro atoms. The van der Waals surface area contributed by atoms with Crippen molar-refractivity contribution in [3.05, 3.63) is 90.3 Å². The lowest BCUT2D eigenvalue weighted by Gasteiger charge is -2.37. The number of carbonyl (C=O) groups is 5. The van der Waals surface area contributed by atoms with Crippen LogP contribution in [-0.4, -0.2) is 119 Å². The van der Waals surface area contributed by atoms with Gasteiger partial charge in [0.25, 0.3) is 5.91 Å². The normalized spacial score (nSPS) is 21.4. The van der Waals surface area contributed by atoms with Crippen LogP contribution in [0.4, 0.5) is 13.2 Å². The number of carbonyl (C=O) groups excluding carboxylic acids is 5. The van der Waals surface area contributed by atoms with Crippen LogP contribution >= 0.6 is 0 Å². The number of ether oxygens (including phenoxy) is 2. The standard InChI is InChI=1S/C51H62F3N7O7/c1-9-42(62)59-23-20-35(28-59)47(64)58(7)44(30(3)51(52,53)54)46(63)56-40-25-32-14-11-15-33(24-32)34-18-19-41-37(26-34)38(45(60(41)10-2)36-16-12-21-55-43(36)31(4)67-8)27-50(5,6)29-68-49(66)39-17-13-22-61(57-39)48(40)65/h9,11-12,14-16,18-19,21,24,26,30-31,35,39-40,44,57H,1,10,13,17,20,22-23,25,27-29H2,2-8H3,(H,56,63)/t30-,31+,35+,39+,40+,44+/m1/s1. The van der Waals surface area contributed by atoms with Gasteiger partial charge in [-0.1, -0.05) is 57.7 Å². The number of rotatable bonds is 10. The first kappa shape index (κ1) is 49.8. The molecule has 2 saturated heterocycles. The molecule has 3 aliphatic rings. The molecule has 2 aromatic heterocycles. The van der Waals surface area contributed by atoms with Crippen LogP contribution in [0.1, 0.15) is 76.8 Å². The molecule has 14 nitrogen and oxygen atoms in total. The molecule has 4 amide bonds. The summed E-state index contributed by atoms with van der Waals surface area (Å²) in [5.74, 6) is -6.78. The van der Waals surface area contributed by atoms with Crippen molar-refractivity contribution in [1.82, 2.24) is 35.1 Å². The second-order valence-corrected chi connectivity index (χ2v) is 19.0. The summed E-state index contributed by atoms with van der Waals surface area (Å²) < 4.78 is 58.0. The van der Waals surface area contributed by atoms with E-state index in [9.17, 15) is 37.1 Å². The molecule has 2 fully saturated rings. The predicted molar refractivity (Wildman–Crippen MR) is 250 cm³/mol. The molecule has 0 radical (unpaired) electrons. The summed E-state index contributed by atoms with van der Waals surface area (Å²) in [5.41, 5.74) is 9.37. The Kier molecular flexibility index (Phi) is 14.8. The van der Waals surface area contributed by atoms with Crippen LogP contribution < -0.4 is 10.7 Å². The number of cyclic esters (lactones) is 1. The number of aromatic nitrogens is 2. The molecule has 3 aliphatic heterocycles. The summed E-state index contributed by atoms with van der Waals surface area (Å²) in [6, 6.07) is 13.2. The summed E-state index contributed by atoms with van der Waals surface area (Å²) in [4.78, 5) is 76.1. The number of alkyl halides is 3. The Morgan fingerprint density at radius 2 is 1.82 bits per heavy atom. The number of benzene rings is 2. The third-order valence-corrected chi connectivity index (χ3v) is 13.7. The molecule has 2 N–H and O–H groups in total. The van der Waals surface area contributed by atoms with Gasteiger partial charge >= 0.3 is 12.1 Å². The predicted octanol–water partition coefficient (Wildman–Crippen LogP) is 6.81. The first-order valence-corrected chi connectivity index (χ1v) is 23.3. The number of pyridine rings is 1. The molecular weight excluding hydrogens is 880 g/mol. The van der Waals surface area contributed by atoms with E-state index in [4.69, 9.17) is 14.5 Å². The third-order valence-electron chi connectivity index (χ3n) is 13.7. The number of halogens is 3. The van der Waals surface area contributed by atoms with Crippen molar-refractivity contribution in [2.24, 2.45) is 17.3 Å². The van der Waals surface area contributed by atoms with Crippen LogP contribution in [0, 0.1) is 17.3 Å². The number of esters is 1. The van der Waals surface area contributed by atoms with E-state index in [1.807, 2.05) is 57.2 Å². The van der Waals surface area contributed by atoms with Crippen LogP contribution in [0.15, 0.2) is 73.4 Å². The Labute approximate surface area is 395 Å². The van der Waals surface area contributed by atoms with E-state index in [0.717, 1.165) is 69.5 Å². The number of hydrazine groups is 1. The van der Waals surface area contributed by atoms with Gasteiger partial charge in [0.1, 0.15) is 18.1 Å². The average Bonchev–Trinajstić information content (AvgIpc) is 3.94. The quantitative estimate of drug-likeness (QED) is 0.129. The van der Waals surface area contributed by atoms with Gasteiger partial charge in [-0.3, -0.25) is 34.0 Å². The maximum absolute atomic E-state index is 14.7. The zero-order chi connectivity index (χ0) is 49.2. The first-order chi connectivity index (χ1) is 32.3. The molecule has 7 rings (SSSR count). The van der Waals surface area contributed by atoms with E-state index in [-0.39, 0.29) is 45.2 Å². The minimum absolute atomic E-state index is 0.0408. The van der Waals surface area contributed by atoms with Crippen molar-refractivity contribution >= 4 is 40.5 Å². The van der Waals surface area contributed by atoms with Gasteiger partial charge in [-0.05, 0) is 92.1 Å². The van der Waals surface area contributed by atoms with Gasteiger partial charge in [-0.2, -0.15) is 13.2 Å². The van der Waals surface area contributed by atoms with Gasteiger partial charge in [0.05, 0.1) is 35.9 Å². The molecule has 5 heterocycles. The summed E-state index contributed by atoms with van der Waals surface area (Å²) >= 11 is 0. The minimum atomic E-state index is -4.91. The third kappa shape index (κ3) is 10.3. The maximum atomic E-state index is 14.7. The fourth-order valence-corrected chi connectivity index (χ4v) is 9.88. The Morgan fingerprint density at radius 3 is 2.53 bits per heavy atom. The Balaban J connectivity index is 1.31. The molecule has 364 valence electrons. The van der Waals surface area contributed by atoms with Gasteiger partial charge in [0.15, 0.2) is 0 Å². The number of aryl methyl sites for hydroxylation is 1. The second-order valence-electron chi connectivity index (χ2n) is 19.0. The monoisotopic (exact) mass is 941 g/mol. The number of likely N-dealkylation sites (N-methyl/N-ethyl adjacent to an activating group) is 1. The van der Waals surface area contributed by atoms with E-state index in [1.165, 1.54) is 9.91 Å². The molecule has 0 aliphatic carbocycles. The highest BCUT2D eigenvalue weighted by Gasteiger charge is 2.49. The highest BCUT2D eigenvalue weighted by molar-refractivity contribution is 5.96. The second kappa shape index (κ2) is 20.3. The largest absolute Gasteiger partial charge is 0.464 e. The Bertz CT molecular complexity index is 2580. The lowest BCUT2D eigenvalue weighted by atomic mass is 9.84. The molecule has 68 heavy (non-hydrogen) atoms.